The van der Waals surface area contributed by atoms with Gasteiger partial charge < -0.3 is 20.5 Å². The molecule has 1 aromatic carbocycles. The van der Waals surface area contributed by atoms with Gasteiger partial charge in [-0.05, 0) is 24.3 Å². The summed E-state index contributed by atoms with van der Waals surface area (Å²) in [5.74, 6) is 5.54. The van der Waals surface area contributed by atoms with Crippen molar-refractivity contribution in [3.05, 3.63) is 35.4 Å². The van der Waals surface area contributed by atoms with Gasteiger partial charge in [0, 0.05) is 24.8 Å². The topological polar surface area (TPSA) is 73.6 Å². The predicted octanol–water partition coefficient (Wildman–Crippen LogP) is 0.390. The largest absolute Gasteiger partial charge is 0.382 e. The molecular weight excluding hydrogens is 256 g/mol. The van der Waals surface area contributed by atoms with Crippen molar-refractivity contribution in [1.29, 1.82) is 0 Å². The van der Waals surface area contributed by atoms with Gasteiger partial charge in [0.15, 0.2) is 0 Å². The van der Waals surface area contributed by atoms with Crippen LogP contribution in [0.15, 0.2) is 24.3 Å². The molecule has 1 rings (SSSR count). The Morgan fingerprint density at radius 3 is 2.65 bits per heavy atom. The van der Waals surface area contributed by atoms with Crippen LogP contribution in [0, 0.1) is 11.8 Å². The van der Waals surface area contributed by atoms with Crippen molar-refractivity contribution >= 4 is 5.91 Å². The Morgan fingerprint density at radius 1 is 1.25 bits per heavy atom. The summed E-state index contributed by atoms with van der Waals surface area (Å²) in [6.07, 6.45) is 0. The normalized spacial score (nSPS) is 9.70. The number of hydrogen-bond acceptors (Lipinski definition) is 4. The Balaban J connectivity index is 2.32. The Labute approximate surface area is 119 Å². The summed E-state index contributed by atoms with van der Waals surface area (Å²) < 4.78 is 10.1. The van der Waals surface area contributed by atoms with Gasteiger partial charge in [-0.3, -0.25) is 4.79 Å². The van der Waals surface area contributed by atoms with E-state index in [2.05, 4.69) is 17.2 Å². The van der Waals surface area contributed by atoms with Gasteiger partial charge in [-0.2, -0.15) is 0 Å². The first-order chi connectivity index (χ1) is 9.77. The van der Waals surface area contributed by atoms with Gasteiger partial charge >= 0.3 is 0 Å². The minimum Gasteiger partial charge on any atom is -0.382 e. The molecule has 0 heterocycles. The molecule has 0 spiro atoms. The maximum Gasteiger partial charge on any atom is 0.251 e. The van der Waals surface area contributed by atoms with E-state index < -0.39 is 0 Å². The van der Waals surface area contributed by atoms with Gasteiger partial charge in [0.05, 0.1) is 26.4 Å². The second kappa shape index (κ2) is 9.98. The first-order valence-corrected chi connectivity index (χ1v) is 6.42. The number of rotatable bonds is 7. The van der Waals surface area contributed by atoms with E-state index in [1.807, 2.05) is 0 Å². The molecular formula is C15H20N2O3. The minimum absolute atomic E-state index is 0.126. The van der Waals surface area contributed by atoms with Crippen LogP contribution in [0.25, 0.3) is 0 Å². The molecule has 5 heteroatoms. The van der Waals surface area contributed by atoms with E-state index in [9.17, 15) is 4.79 Å². The zero-order valence-electron chi connectivity index (χ0n) is 11.6. The maximum atomic E-state index is 11.8. The van der Waals surface area contributed by atoms with E-state index in [0.717, 1.165) is 5.56 Å². The lowest BCUT2D eigenvalue weighted by molar-refractivity contribution is 0.0692. The van der Waals surface area contributed by atoms with Crippen LogP contribution in [0.3, 0.4) is 0 Å². The number of hydrogen-bond donors (Lipinski definition) is 2. The number of ether oxygens (including phenoxy) is 2. The molecule has 0 aromatic heterocycles. The van der Waals surface area contributed by atoms with Crippen LogP contribution in [0.4, 0.5) is 0 Å². The third-order valence-electron chi connectivity index (χ3n) is 2.45. The highest BCUT2D eigenvalue weighted by Crippen LogP contribution is 2.03. The number of carbonyl (C=O) groups is 1. The molecule has 20 heavy (non-hydrogen) atoms. The molecule has 0 aliphatic carbocycles. The molecule has 0 aliphatic rings. The van der Waals surface area contributed by atoms with Crippen LogP contribution in [0.2, 0.25) is 0 Å². The highest BCUT2D eigenvalue weighted by molar-refractivity contribution is 5.94. The average molecular weight is 276 g/mol. The summed E-state index contributed by atoms with van der Waals surface area (Å²) in [5.41, 5.74) is 6.74. The van der Waals surface area contributed by atoms with Crippen LogP contribution >= 0.6 is 0 Å². The summed E-state index contributed by atoms with van der Waals surface area (Å²) >= 11 is 0. The zero-order chi connectivity index (χ0) is 14.6. The standard InChI is InChI=1S/C15H20N2O3/c1-19-11-12-20-10-9-17-15(18)14-6-4-13(5-7-14)3-2-8-16/h4-7H,8-12,16H2,1H3,(H,17,18). The van der Waals surface area contributed by atoms with E-state index >= 15 is 0 Å². The fourth-order valence-electron chi connectivity index (χ4n) is 1.44. The molecule has 0 aliphatic heterocycles. The Hall–Kier alpha value is -1.87. The number of carbonyl (C=O) groups excluding carboxylic acids is 1. The fourth-order valence-corrected chi connectivity index (χ4v) is 1.44. The lowest BCUT2D eigenvalue weighted by Crippen LogP contribution is -2.27. The van der Waals surface area contributed by atoms with E-state index in [1.165, 1.54) is 0 Å². The highest BCUT2D eigenvalue weighted by Gasteiger charge is 2.03. The number of benzene rings is 1. The third-order valence-corrected chi connectivity index (χ3v) is 2.45. The number of methoxy groups -OCH3 is 1. The Bertz CT molecular complexity index is 460. The van der Waals surface area contributed by atoms with Gasteiger partial charge in [-0.1, -0.05) is 11.8 Å². The van der Waals surface area contributed by atoms with Crippen LogP contribution in [0.1, 0.15) is 15.9 Å². The second-order valence-corrected chi connectivity index (χ2v) is 3.94. The molecule has 0 radical (unpaired) electrons. The van der Waals surface area contributed by atoms with Crippen LogP contribution in [0.5, 0.6) is 0 Å². The molecule has 0 saturated carbocycles. The molecule has 0 fully saturated rings. The molecule has 1 amide bonds. The molecule has 0 bridgehead atoms. The van der Waals surface area contributed by atoms with Crippen molar-refractivity contribution < 1.29 is 14.3 Å². The van der Waals surface area contributed by atoms with Crippen LogP contribution in [-0.4, -0.2) is 45.9 Å². The van der Waals surface area contributed by atoms with Crippen molar-refractivity contribution in [2.45, 2.75) is 0 Å². The number of nitrogens with one attached hydrogen (secondary N) is 1. The molecule has 0 atom stereocenters. The molecule has 0 unspecified atom stereocenters. The maximum absolute atomic E-state index is 11.8. The summed E-state index contributed by atoms with van der Waals surface area (Å²) in [4.78, 5) is 11.8. The van der Waals surface area contributed by atoms with Crippen LogP contribution < -0.4 is 11.1 Å². The van der Waals surface area contributed by atoms with Gasteiger partial charge in [0.1, 0.15) is 0 Å². The molecule has 1 aromatic rings. The quantitative estimate of drug-likeness (QED) is 0.558. The zero-order valence-corrected chi connectivity index (χ0v) is 11.6. The molecule has 3 N–H and O–H groups in total. The van der Waals surface area contributed by atoms with Crippen LogP contribution in [-0.2, 0) is 9.47 Å². The lowest BCUT2D eigenvalue weighted by atomic mass is 10.1. The first-order valence-electron chi connectivity index (χ1n) is 6.42. The van der Waals surface area contributed by atoms with Crippen molar-refractivity contribution in [2.24, 2.45) is 5.73 Å². The Morgan fingerprint density at radius 2 is 2.00 bits per heavy atom. The number of amides is 1. The highest BCUT2D eigenvalue weighted by atomic mass is 16.5. The van der Waals surface area contributed by atoms with Crippen molar-refractivity contribution in [3.8, 4) is 11.8 Å². The third kappa shape index (κ3) is 6.34. The fraction of sp³-hybridized carbons (Fsp3) is 0.400. The number of nitrogens with two attached hydrogens (primary N) is 1. The van der Waals surface area contributed by atoms with E-state index in [0.29, 0.717) is 38.5 Å². The van der Waals surface area contributed by atoms with E-state index in [1.54, 1.807) is 31.4 Å². The summed E-state index contributed by atoms with van der Waals surface area (Å²) in [7, 11) is 1.62. The summed E-state index contributed by atoms with van der Waals surface area (Å²) in [6.45, 7) is 2.35. The van der Waals surface area contributed by atoms with Gasteiger partial charge in [0.25, 0.3) is 5.91 Å². The summed E-state index contributed by atoms with van der Waals surface area (Å²) in [5, 5.41) is 2.78. The molecule has 5 nitrogen and oxygen atoms in total. The van der Waals surface area contributed by atoms with E-state index in [-0.39, 0.29) is 5.91 Å². The summed E-state index contributed by atoms with van der Waals surface area (Å²) in [6, 6.07) is 7.07. The predicted molar refractivity (Wildman–Crippen MR) is 77.4 cm³/mol. The average Bonchev–Trinajstić information content (AvgIpc) is 2.49. The van der Waals surface area contributed by atoms with Crippen molar-refractivity contribution in [2.75, 3.05) is 40.0 Å². The first kappa shape index (κ1) is 16.2. The minimum atomic E-state index is -0.126. The van der Waals surface area contributed by atoms with Crippen molar-refractivity contribution in [1.82, 2.24) is 5.32 Å². The van der Waals surface area contributed by atoms with Crippen molar-refractivity contribution in [3.63, 3.8) is 0 Å². The molecule has 108 valence electrons. The van der Waals surface area contributed by atoms with Gasteiger partial charge in [-0.15, -0.1) is 0 Å². The van der Waals surface area contributed by atoms with Gasteiger partial charge in [0.2, 0.25) is 0 Å². The lowest BCUT2D eigenvalue weighted by Gasteiger charge is -2.06. The SMILES string of the molecule is COCCOCCNC(=O)c1ccc(C#CCN)cc1. The Kier molecular flexibility index (Phi) is 8.08. The molecule has 0 saturated heterocycles. The second-order valence-electron chi connectivity index (χ2n) is 3.94. The van der Waals surface area contributed by atoms with Gasteiger partial charge in [-0.25, -0.2) is 0 Å². The monoisotopic (exact) mass is 276 g/mol. The van der Waals surface area contributed by atoms with E-state index in [4.69, 9.17) is 15.2 Å². The smallest absolute Gasteiger partial charge is 0.251 e.